The fourth-order valence-corrected chi connectivity index (χ4v) is 0.895. The molecule has 0 saturated heterocycles. The Kier molecular flexibility index (Phi) is 6.91. The van der Waals surface area contributed by atoms with Crippen molar-refractivity contribution >= 4 is 0 Å². The molecule has 1 atom stereocenters. The molecule has 0 amide bonds. The van der Waals surface area contributed by atoms with E-state index in [4.69, 9.17) is 5.11 Å². The van der Waals surface area contributed by atoms with Crippen LogP contribution in [0.1, 0.15) is 6.42 Å². The van der Waals surface area contributed by atoms with Crippen LogP contribution >= 0.6 is 0 Å². The van der Waals surface area contributed by atoms with Gasteiger partial charge in [0, 0.05) is 6.61 Å². The first-order chi connectivity index (χ1) is 4.85. The van der Waals surface area contributed by atoms with Gasteiger partial charge >= 0.3 is 0 Å². The third-order valence-electron chi connectivity index (χ3n) is 1.55. The van der Waals surface area contributed by atoms with Crippen molar-refractivity contribution in [3.63, 3.8) is 0 Å². The van der Waals surface area contributed by atoms with Gasteiger partial charge in [-0.2, -0.15) is 0 Å². The predicted octanol–water partition coefficient (Wildman–Crippen LogP) is -0.576. The van der Waals surface area contributed by atoms with Crippen molar-refractivity contribution in [2.24, 2.45) is 5.92 Å². The first-order valence-corrected chi connectivity index (χ1v) is 3.75. The van der Waals surface area contributed by atoms with Gasteiger partial charge in [-0.05, 0) is 39.5 Å². The highest BCUT2D eigenvalue weighted by molar-refractivity contribution is 4.60. The van der Waals surface area contributed by atoms with Crippen molar-refractivity contribution in [2.45, 2.75) is 6.42 Å². The maximum Gasteiger partial charge on any atom is 0.0471 e. The van der Waals surface area contributed by atoms with Crippen LogP contribution in [0.15, 0.2) is 0 Å². The summed E-state index contributed by atoms with van der Waals surface area (Å²) in [5.41, 5.74) is 0. The van der Waals surface area contributed by atoms with Gasteiger partial charge in [0.05, 0.1) is 0 Å². The van der Waals surface area contributed by atoms with Crippen LogP contribution in [0.25, 0.3) is 0 Å². The van der Waals surface area contributed by atoms with Crippen molar-refractivity contribution in [1.82, 2.24) is 10.6 Å². The number of aliphatic hydroxyl groups excluding tert-OH is 1. The SMILES string of the molecule is CNCCC(CO)CNC. The molecule has 62 valence electrons. The maximum absolute atomic E-state index is 8.82. The zero-order chi connectivity index (χ0) is 7.82. The second-order valence-corrected chi connectivity index (χ2v) is 2.50. The minimum absolute atomic E-state index is 0.280. The van der Waals surface area contributed by atoms with Crippen molar-refractivity contribution < 1.29 is 5.11 Å². The lowest BCUT2D eigenvalue weighted by Crippen LogP contribution is -2.25. The molecule has 0 aromatic rings. The summed E-state index contributed by atoms with van der Waals surface area (Å²) in [6.45, 7) is 2.16. The van der Waals surface area contributed by atoms with E-state index < -0.39 is 0 Å². The Morgan fingerprint density at radius 2 is 2.00 bits per heavy atom. The summed E-state index contributed by atoms with van der Waals surface area (Å²) < 4.78 is 0. The lowest BCUT2D eigenvalue weighted by Gasteiger charge is -2.12. The summed E-state index contributed by atoms with van der Waals surface area (Å²) in [6, 6.07) is 0. The summed E-state index contributed by atoms with van der Waals surface area (Å²) in [7, 11) is 3.83. The molecule has 3 heteroatoms. The van der Waals surface area contributed by atoms with E-state index in [1.165, 1.54) is 0 Å². The van der Waals surface area contributed by atoms with Crippen LogP contribution in [-0.2, 0) is 0 Å². The third kappa shape index (κ3) is 4.73. The van der Waals surface area contributed by atoms with Gasteiger partial charge in [-0.1, -0.05) is 0 Å². The highest BCUT2D eigenvalue weighted by Crippen LogP contribution is 1.97. The Bertz CT molecular complexity index is 68.6. The van der Waals surface area contributed by atoms with Gasteiger partial charge < -0.3 is 15.7 Å². The summed E-state index contributed by atoms with van der Waals surface area (Å²) in [6.07, 6.45) is 1.04. The molecule has 0 fully saturated rings. The molecular weight excluding hydrogens is 128 g/mol. The highest BCUT2D eigenvalue weighted by Gasteiger charge is 2.03. The molecule has 3 nitrogen and oxygen atoms in total. The Hall–Kier alpha value is -0.120. The number of nitrogens with one attached hydrogen (secondary N) is 2. The number of hydrogen-bond donors (Lipinski definition) is 3. The third-order valence-corrected chi connectivity index (χ3v) is 1.55. The second kappa shape index (κ2) is 6.99. The smallest absolute Gasteiger partial charge is 0.0471 e. The van der Waals surface area contributed by atoms with Crippen LogP contribution in [0.2, 0.25) is 0 Å². The van der Waals surface area contributed by atoms with Gasteiger partial charge in [0.2, 0.25) is 0 Å². The second-order valence-electron chi connectivity index (χ2n) is 2.50. The lowest BCUT2D eigenvalue weighted by atomic mass is 10.1. The first kappa shape index (κ1) is 9.88. The Morgan fingerprint density at radius 3 is 2.40 bits per heavy atom. The normalized spacial score (nSPS) is 13.5. The fraction of sp³-hybridized carbons (Fsp3) is 1.00. The van der Waals surface area contributed by atoms with Crippen LogP contribution in [0.4, 0.5) is 0 Å². The molecule has 3 N–H and O–H groups in total. The van der Waals surface area contributed by atoms with Crippen molar-refractivity contribution in [2.75, 3.05) is 33.8 Å². The average molecular weight is 146 g/mol. The van der Waals surface area contributed by atoms with E-state index in [2.05, 4.69) is 10.6 Å². The van der Waals surface area contributed by atoms with Gasteiger partial charge in [-0.25, -0.2) is 0 Å². The maximum atomic E-state index is 8.82. The molecule has 0 bridgehead atoms. The molecule has 0 aliphatic rings. The molecule has 0 radical (unpaired) electrons. The molecule has 0 heterocycles. The van der Waals surface area contributed by atoms with Gasteiger partial charge in [0.25, 0.3) is 0 Å². The zero-order valence-corrected chi connectivity index (χ0v) is 6.85. The molecule has 0 aliphatic heterocycles. The summed E-state index contributed by atoms with van der Waals surface area (Å²) in [5, 5.41) is 14.9. The predicted molar refractivity (Wildman–Crippen MR) is 43.0 cm³/mol. The van der Waals surface area contributed by atoms with Crippen LogP contribution < -0.4 is 10.6 Å². The van der Waals surface area contributed by atoms with Gasteiger partial charge in [0.15, 0.2) is 0 Å². The van der Waals surface area contributed by atoms with Crippen LogP contribution in [0, 0.1) is 5.92 Å². The van der Waals surface area contributed by atoms with E-state index >= 15 is 0 Å². The topological polar surface area (TPSA) is 44.3 Å². The van der Waals surface area contributed by atoms with Crippen molar-refractivity contribution in [3.8, 4) is 0 Å². The summed E-state index contributed by atoms with van der Waals surface area (Å²) in [5.74, 6) is 0.400. The van der Waals surface area contributed by atoms with Gasteiger partial charge in [0.1, 0.15) is 0 Å². The Morgan fingerprint density at radius 1 is 1.30 bits per heavy atom. The van der Waals surface area contributed by atoms with Crippen LogP contribution in [-0.4, -0.2) is 38.9 Å². The molecule has 10 heavy (non-hydrogen) atoms. The lowest BCUT2D eigenvalue weighted by molar-refractivity contribution is 0.217. The molecular formula is C7H18N2O. The van der Waals surface area contributed by atoms with Crippen molar-refractivity contribution in [1.29, 1.82) is 0 Å². The first-order valence-electron chi connectivity index (χ1n) is 3.75. The summed E-state index contributed by atoms with van der Waals surface area (Å²) >= 11 is 0. The Labute approximate surface area is 62.8 Å². The molecule has 1 unspecified atom stereocenters. The average Bonchev–Trinajstić information content (AvgIpc) is 1.98. The molecule has 0 saturated carbocycles. The van der Waals surface area contributed by atoms with Crippen LogP contribution in [0.3, 0.4) is 0 Å². The van der Waals surface area contributed by atoms with Gasteiger partial charge in [-0.15, -0.1) is 0 Å². The van der Waals surface area contributed by atoms with E-state index in [0.29, 0.717) is 5.92 Å². The molecule has 0 aromatic carbocycles. The Balaban J connectivity index is 3.21. The minimum Gasteiger partial charge on any atom is -0.396 e. The number of rotatable bonds is 6. The molecule has 0 spiro atoms. The van der Waals surface area contributed by atoms with Crippen molar-refractivity contribution in [3.05, 3.63) is 0 Å². The van der Waals surface area contributed by atoms with E-state index in [-0.39, 0.29) is 6.61 Å². The number of hydrogen-bond acceptors (Lipinski definition) is 3. The highest BCUT2D eigenvalue weighted by atomic mass is 16.3. The standard InChI is InChI=1S/C7H18N2O/c1-8-4-3-7(6-10)5-9-2/h7-10H,3-6H2,1-2H3. The molecule has 0 rings (SSSR count). The minimum atomic E-state index is 0.280. The monoisotopic (exact) mass is 146 g/mol. The van der Waals surface area contributed by atoms with E-state index in [1.807, 2.05) is 14.1 Å². The summed E-state index contributed by atoms with van der Waals surface area (Å²) in [4.78, 5) is 0. The van der Waals surface area contributed by atoms with Gasteiger partial charge in [-0.3, -0.25) is 0 Å². The fourth-order valence-electron chi connectivity index (χ4n) is 0.895. The van der Waals surface area contributed by atoms with E-state index in [9.17, 15) is 0 Å². The number of aliphatic hydroxyl groups is 1. The van der Waals surface area contributed by atoms with E-state index in [0.717, 1.165) is 19.5 Å². The zero-order valence-electron chi connectivity index (χ0n) is 6.85. The largest absolute Gasteiger partial charge is 0.396 e. The quantitative estimate of drug-likeness (QED) is 0.470. The van der Waals surface area contributed by atoms with E-state index in [1.54, 1.807) is 0 Å². The van der Waals surface area contributed by atoms with Crippen LogP contribution in [0.5, 0.6) is 0 Å². The molecule has 0 aromatic heterocycles. The molecule has 0 aliphatic carbocycles.